The molecule has 0 unspecified atom stereocenters. The zero-order valence-corrected chi connectivity index (χ0v) is 9.50. The first kappa shape index (κ1) is 11.1. The van der Waals surface area contributed by atoms with Gasteiger partial charge in [0.05, 0.1) is 0 Å². The minimum absolute atomic E-state index is 0.157. The number of hydrogen-bond donors (Lipinski definition) is 1. The van der Waals surface area contributed by atoms with E-state index in [1.54, 1.807) is 13.0 Å². The van der Waals surface area contributed by atoms with E-state index in [2.05, 4.69) is 20.9 Å². The van der Waals surface area contributed by atoms with Crippen molar-refractivity contribution in [1.82, 2.24) is 0 Å². The number of benzene rings is 1. The van der Waals surface area contributed by atoms with E-state index in [0.717, 1.165) is 6.07 Å². The molecule has 0 aliphatic heterocycles. The predicted molar refractivity (Wildman–Crippen MR) is 53.4 cm³/mol. The van der Waals surface area contributed by atoms with E-state index in [9.17, 15) is 8.42 Å². The first-order chi connectivity index (χ1) is 6.36. The Hall–Kier alpha value is -0.970. The second-order valence-electron chi connectivity index (χ2n) is 2.64. The normalized spacial score (nSPS) is 11.0. The molecule has 74 valence electrons. The highest BCUT2D eigenvalue weighted by Gasteiger charge is 2.27. The molecule has 0 bridgehead atoms. The monoisotopic (exact) mass is 277 g/mol. The van der Waals surface area contributed by atoms with Crippen LogP contribution in [-0.4, -0.2) is 13.0 Å². The Bertz CT molecular complexity index is 518. The Morgan fingerprint density at radius 3 is 2.50 bits per heavy atom. The fourth-order valence-electron chi connectivity index (χ4n) is 1.03. The van der Waals surface area contributed by atoms with Crippen LogP contribution in [0, 0.1) is 12.3 Å². The minimum Gasteiger partial charge on any atom is -0.282 e. The van der Waals surface area contributed by atoms with Crippen molar-refractivity contribution >= 4 is 31.7 Å². The molecule has 0 aliphatic carbocycles. The number of diazo groups is 1. The fourth-order valence-corrected chi connectivity index (χ4v) is 2.48. The van der Waals surface area contributed by atoms with Crippen LogP contribution < -0.4 is 0 Å². The average Bonchev–Trinajstić information content (AvgIpc) is 2.01. The van der Waals surface area contributed by atoms with Gasteiger partial charge in [0, 0.05) is 10.0 Å². The van der Waals surface area contributed by atoms with Crippen LogP contribution in [0.15, 0.2) is 21.5 Å². The topological polar surface area (TPSA) is 82.5 Å². The van der Waals surface area contributed by atoms with Crippen molar-refractivity contribution in [3.63, 3.8) is 0 Å². The van der Waals surface area contributed by atoms with Crippen molar-refractivity contribution in [2.45, 2.75) is 11.8 Å². The highest BCUT2D eigenvalue weighted by atomic mass is 79.9. The molecule has 1 aromatic carbocycles. The zero-order valence-electron chi connectivity index (χ0n) is 7.10. The highest BCUT2D eigenvalue weighted by Crippen LogP contribution is 2.31. The molecule has 0 heterocycles. The first-order valence-corrected chi connectivity index (χ1v) is 5.72. The number of halogens is 1. The van der Waals surface area contributed by atoms with E-state index in [4.69, 9.17) is 9.95 Å². The SMILES string of the molecule is Cc1cc(Br)cc(S(=O)(=O)O)c1[N+]#N. The lowest BCUT2D eigenvalue weighted by molar-refractivity contribution is 0.483. The fraction of sp³-hybridized carbons (Fsp3) is 0.143. The maximum absolute atomic E-state index is 10.9. The Balaban J connectivity index is 3.68. The highest BCUT2D eigenvalue weighted by molar-refractivity contribution is 9.10. The molecule has 0 aromatic heterocycles. The summed E-state index contributed by atoms with van der Waals surface area (Å²) in [5.74, 6) is 0. The Morgan fingerprint density at radius 1 is 1.50 bits per heavy atom. The lowest BCUT2D eigenvalue weighted by Gasteiger charge is -1.96. The summed E-state index contributed by atoms with van der Waals surface area (Å²) in [6, 6.07) is 2.74. The van der Waals surface area contributed by atoms with Gasteiger partial charge in [-0.2, -0.15) is 8.42 Å². The van der Waals surface area contributed by atoms with Gasteiger partial charge < -0.3 is 0 Å². The molecule has 0 radical (unpaired) electrons. The van der Waals surface area contributed by atoms with E-state index >= 15 is 0 Å². The van der Waals surface area contributed by atoms with Gasteiger partial charge in [-0.3, -0.25) is 4.55 Å². The van der Waals surface area contributed by atoms with Crippen LogP contribution in [0.4, 0.5) is 5.69 Å². The van der Waals surface area contributed by atoms with Crippen molar-refractivity contribution in [2.24, 2.45) is 0 Å². The van der Waals surface area contributed by atoms with E-state index in [-0.39, 0.29) is 5.69 Å². The van der Waals surface area contributed by atoms with Crippen molar-refractivity contribution in [3.05, 3.63) is 27.1 Å². The van der Waals surface area contributed by atoms with Crippen LogP contribution in [0.1, 0.15) is 5.56 Å². The number of rotatable bonds is 1. The molecule has 14 heavy (non-hydrogen) atoms. The summed E-state index contributed by atoms with van der Waals surface area (Å²) in [5, 5.41) is 8.59. The first-order valence-electron chi connectivity index (χ1n) is 3.49. The molecule has 7 heteroatoms. The van der Waals surface area contributed by atoms with Gasteiger partial charge in [0.25, 0.3) is 0 Å². The second kappa shape index (κ2) is 3.65. The largest absolute Gasteiger partial charge is 0.408 e. The molecule has 1 N–H and O–H groups in total. The maximum Gasteiger partial charge on any atom is 0.408 e. The molecule has 5 nitrogen and oxygen atoms in total. The van der Waals surface area contributed by atoms with Gasteiger partial charge in [0.15, 0.2) is 9.87 Å². The maximum atomic E-state index is 10.9. The minimum atomic E-state index is -4.37. The summed E-state index contributed by atoms with van der Waals surface area (Å²) in [7, 11) is -4.37. The summed E-state index contributed by atoms with van der Waals surface area (Å²) >= 11 is 3.07. The summed E-state index contributed by atoms with van der Waals surface area (Å²) in [4.78, 5) is 2.39. The van der Waals surface area contributed by atoms with Crippen molar-refractivity contribution in [1.29, 1.82) is 5.39 Å². The van der Waals surface area contributed by atoms with Gasteiger partial charge >= 0.3 is 15.8 Å². The smallest absolute Gasteiger partial charge is 0.282 e. The molecule has 0 spiro atoms. The third-order valence-electron chi connectivity index (χ3n) is 1.61. The van der Waals surface area contributed by atoms with Gasteiger partial charge in [0.2, 0.25) is 5.39 Å². The molecule has 0 saturated heterocycles. The standard InChI is InChI=1S/C7H5BrN2O3S/c1-4-2-5(8)3-6(7(4)10-9)14(11,12)13/h2-3H,1H3/p+1. The Labute approximate surface area is 89.3 Å². The quantitative estimate of drug-likeness (QED) is 0.632. The lowest BCUT2D eigenvalue weighted by Crippen LogP contribution is -1.99. The molecule has 0 atom stereocenters. The van der Waals surface area contributed by atoms with Crippen LogP contribution >= 0.6 is 15.9 Å². The summed E-state index contributed by atoms with van der Waals surface area (Å²) in [6.07, 6.45) is 0. The van der Waals surface area contributed by atoms with E-state index in [1.165, 1.54) is 0 Å². The average molecular weight is 278 g/mol. The number of nitrogens with zero attached hydrogens (tertiary/aromatic N) is 2. The zero-order chi connectivity index (χ0) is 10.9. The van der Waals surface area contributed by atoms with Gasteiger partial charge in [-0.1, -0.05) is 15.9 Å². The molecule has 0 saturated carbocycles. The van der Waals surface area contributed by atoms with Gasteiger partial charge in [-0.05, 0) is 19.1 Å². The van der Waals surface area contributed by atoms with Crippen LogP contribution in [0.2, 0.25) is 0 Å². The number of aryl methyl sites for hydroxylation is 1. The van der Waals surface area contributed by atoms with Crippen LogP contribution in [0.5, 0.6) is 0 Å². The molecular formula is C7H6BrN2O3S+. The van der Waals surface area contributed by atoms with Gasteiger partial charge in [-0.15, -0.1) is 0 Å². The van der Waals surface area contributed by atoms with Crippen molar-refractivity contribution < 1.29 is 13.0 Å². The van der Waals surface area contributed by atoms with Crippen LogP contribution in [0.25, 0.3) is 4.98 Å². The molecule has 1 aromatic rings. The predicted octanol–water partition coefficient (Wildman–Crippen LogP) is 2.49. The van der Waals surface area contributed by atoms with Gasteiger partial charge in [-0.25, -0.2) is 0 Å². The lowest BCUT2D eigenvalue weighted by atomic mass is 10.2. The third-order valence-corrected chi connectivity index (χ3v) is 2.93. The molecule has 0 fully saturated rings. The Morgan fingerprint density at radius 2 is 2.07 bits per heavy atom. The molecular weight excluding hydrogens is 272 g/mol. The summed E-state index contributed by atoms with van der Waals surface area (Å²) < 4.78 is 31.1. The van der Waals surface area contributed by atoms with E-state index < -0.39 is 15.0 Å². The molecule has 0 aliphatic rings. The second-order valence-corrected chi connectivity index (χ2v) is 4.95. The van der Waals surface area contributed by atoms with Crippen LogP contribution in [0.3, 0.4) is 0 Å². The van der Waals surface area contributed by atoms with Crippen molar-refractivity contribution in [3.8, 4) is 0 Å². The van der Waals surface area contributed by atoms with E-state index in [0.29, 0.717) is 10.0 Å². The summed E-state index contributed by atoms with van der Waals surface area (Å²) in [6.45, 7) is 1.56. The summed E-state index contributed by atoms with van der Waals surface area (Å²) in [5.41, 5.74) is 0.283. The number of hydrogen-bond acceptors (Lipinski definition) is 3. The third kappa shape index (κ3) is 2.09. The molecule has 1 rings (SSSR count). The van der Waals surface area contributed by atoms with Crippen molar-refractivity contribution in [2.75, 3.05) is 0 Å². The Kier molecular flexibility index (Phi) is 2.89. The molecule has 0 amide bonds. The van der Waals surface area contributed by atoms with Crippen LogP contribution in [-0.2, 0) is 10.1 Å². The van der Waals surface area contributed by atoms with Gasteiger partial charge in [0.1, 0.15) is 0 Å². The van der Waals surface area contributed by atoms with E-state index in [1.807, 2.05) is 0 Å².